The molecule has 0 atom stereocenters. The van der Waals surface area contributed by atoms with Crippen LogP contribution in [-0.2, 0) is 13.0 Å². The predicted octanol–water partition coefficient (Wildman–Crippen LogP) is 1.44. The van der Waals surface area contributed by atoms with E-state index in [0.29, 0.717) is 6.54 Å². The van der Waals surface area contributed by atoms with Gasteiger partial charge < -0.3 is 10.7 Å². The van der Waals surface area contributed by atoms with Gasteiger partial charge in [0.15, 0.2) is 0 Å². The summed E-state index contributed by atoms with van der Waals surface area (Å²) in [5.41, 5.74) is 10.4. The summed E-state index contributed by atoms with van der Waals surface area (Å²) in [4.78, 5) is 7.72. The van der Waals surface area contributed by atoms with Gasteiger partial charge in [-0.2, -0.15) is 0 Å². The molecule has 0 saturated carbocycles. The molecule has 0 aliphatic heterocycles. The van der Waals surface area contributed by atoms with Gasteiger partial charge in [-0.1, -0.05) is 24.3 Å². The number of nitrogens with one attached hydrogen (secondary N) is 1. The van der Waals surface area contributed by atoms with E-state index in [0.717, 1.165) is 17.9 Å². The molecule has 3 N–H and O–H groups in total. The Hall–Kier alpha value is -1.61. The van der Waals surface area contributed by atoms with E-state index < -0.39 is 0 Å². The van der Waals surface area contributed by atoms with E-state index in [1.54, 1.807) is 0 Å². The SMILES string of the molecule is NCc1nc2c([nH]1)Cc1ccccc1-2. The third-order valence-corrected chi connectivity index (χ3v) is 2.66. The van der Waals surface area contributed by atoms with Crippen molar-refractivity contribution in [2.24, 2.45) is 5.73 Å². The number of imidazole rings is 1. The number of rotatable bonds is 1. The molecular formula is C11H11N3. The van der Waals surface area contributed by atoms with E-state index in [4.69, 9.17) is 5.73 Å². The van der Waals surface area contributed by atoms with Crippen LogP contribution in [0.5, 0.6) is 0 Å². The Morgan fingerprint density at radius 2 is 2.21 bits per heavy atom. The summed E-state index contributed by atoms with van der Waals surface area (Å²) in [7, 11) is 0. The Balaban J connectivity index is 2.20. The zero-order valence-electron chi connectivity index (χ0n) is 7.75. The minimum Gasteiger partial charge on any atom is -0.344 e. The molecule has 1 aliphatic carbocycles. The Morgan fingerprint density at radius 1 is 1.36 bits per heavy atom. The number of nitrogens with two attached hydrogens (primary N) is 1. The van der Waals surface area contributed by atoms with Gasteiger partial charge >= 0.3 is 0 Å². The molecule has 0 saturated heterocycles. The lowest BCUT2D eigenvalue weighted by molar-refractivity contribution is 0.934. The monoisotopic (exact) mass is 185 g/mol. The van der Waals surface area contributed by atoms with Crippen molar-refractivity contribution in [3.63, 3.8) is 0 Å². The van der Waals surface area contributed by atoms with Crippen LogP contribution in [-0.4, -0.2) is 9.97 Å². The first-order chi connectivity index (χ1) is 6.88. The van der Waals surface area contributed by atoms with Gasteiger partial charge in [0.1, 0.15) is 5.82 Å². The molecule has 3 heteroatoms. The van der Waals surface area contributed by atoms with Crippen LogP contribution in [0.3, 0.4) is 0 Å². The topological polar surface area (TPSA) is 54.7 Å². The zero-order chi connectivity index (χ0) is 9.54. The van der Waals surface area contributed by atoms with Crippen LogP contribution in [0.4, 0.5) is 0 Å². The van der Waals surface area contributed by atoms with Crippen molar-refractivity contribution in [3.05, 3.63) is 41.3 Å². The highest BCUT2D eigenvalue weighted by Crippen LogP contribution is 2.34. The maximum atomic E-state index is 5.54. The molecular weight excluding hydrogens is 174 g/mol. The number of aromatic nitrogens is 2. The minimum atomic E-state index is 0.481. The highest BCUT2D eigenvalue weighted by atomic mass is 15.0. The van der Waals surface area contributed by atoms with Gasteiger partial charge in [0.05, 0.1) is 12.2 Å². The molecule has 0 amide bonds. The molecule has 70 valence electrons. The molecule has 0 fully saturated rings. The fourth-order valence-electron chi connectivity index (χ4n) is 2.01. The van der Waals surface area contributed by atoms with Crippen molar-refractivity contribution < 1.29 is 0 Å². The average Bonchev–Trinajstić information content (AvgIpc) is 2.73. The third-order valence-electron chi connectivity index (χ3n) is 2.66. The molecule has 3 rings (SSSR count). The summed E-state index contributed by atoms with van der Waals surface area (Å²) < 4.78 is 0. The van der Waals surface area contributed by atoms with E-state index in [2.05, 4.69) is 28.2 Å². The number of fused-ring (bicyclic) bond motifs is 3. The van der Waals surface area contributed by atoms with Crippen LogP contribution >= 0.6 is 0 Å². The maximum absolute atomic E-state index is 5.54. The van der Waals surface area contributed by atoms with Crippen LogP contribution in [0.25, 0.3) is 11.3 Å². The zero-order valence-corrected chi connectivity index (χ0v) is 7.75. The van der Waals surface area contributed by atoms with Crippen LogP contribution in [0.1, 0.15) is 17.1 Å². The summed E-state index contributed by atoms with van der Waals surface area (Å²) in [5.74, 6) is 0.879. The molecule has 0 spiro atoms. The molecule has 3 nitrogen and oxygen atoms in total. The largest absolute Gasteiger partial charge is 0.344 e. The lowest BCUT2D eigenvalue weighted by Gasteiger charge is -1.96. The summed E-state index contributed by atoms with van der Waals surface area (Å²) in [6.45, 7) is 0.481. The van der Waals surface area contributed by atoms with Crippen molar-refractivity contribution in [3.8, 4) is 11.3 Å². The van der Waals surface area contributed by atoms with Gasteiger partial charge in [-0.15, -0.1) is 0 Å². The normalized spacial score (nSPS) is 12.6. The van der Waals surface area contributed by atoms with E-state index in [1.807, 2.05) is 6.07 Å². The van der Waals surface area contributed by atoms with Crippen LogP contribution in [0.15, 0.2) is 24.3 Å². The summed E-state index contributed by atoms with van der Waals surface area (Å²) in [6, 6.07) is 8.37. The number of benzene rings is 1. The minimum absolute atomic E-state index is 0.481. The van der Waals surface area contributed by atoms with Gasteiger partial charge in [0.25, 0.3) is 0 Å². The van der Waals surface area contributed by atoms with Gasteiger partial charge in [0.2, 0.25) is 0 Å². The molecule has 0 bridgehead atoms. The van der Waals surface area contributed by atoms with E-state index in [1.165, 1.54) is 16.8 Å². The quantitative estimate of drug-likeness (QED) is 0.602. The lowest BCUT2D eigenvalue weighted by atomic mass is 10.1. The Bertz CT molecular complexity index is 485. The lowest BCUT2D eigenvalue weighted by Crippen LogP contribution is -1.99. The Kier molecular flexibility index (Phi) is 1.49. The van der Waals surface area contributed by atoms with Gasteiger partial charge in [-0.25, -0.2) is 4.98 Å². The molecule has 1 aromatic carbocycles. The van der Waals surface area contributed by atoms with Crippen molar-refractivity contribution in [2.75, 3.05) is 0 Å². The van der Waals surface area contributed by atoms with Gasteiger partial charge in [0, 0.05) is 17.7 Å². The van der Waals surface area contributed by atoms with Crippen molar-refractivity contribution in [1.82, 2.24) is 9.97 Å². The number of hydrogen-bond donors (Lipinski definition) is 2. The second-order valence-electron chi connectivity index (χ2n) is 3.55. The molecule has 1 heterocycles. The third kappa shape index (κ3) is 0.930. The number of hydrogen-bond acceptors (Lipinski definition) is 2. The van der Waals surface area contributed by atoms with E-state index in [-0.39, 0.29) is 0 Å². The first-order valence-corrected chi connectivity index (χ1v) is 4.74. The molecule has 1 aliphatic rings. The first-order valence-electron chi connectivity index (χ1n) is 4.74. The van der Waals surface area contributed by atoms with Crippen molar-refractivity contribution in [1.29, 1.82) is 0 Å². The highest BCUT2D eigenvalue weighted by Gasteiger charge is 2.21. The predicted molar refractivity (Wildman–Crippen MR) is 54.7 cm³/mol. The Morgan fingerprint density at radius 3 is 3.07 bits per heavy atom. The standard InChI is InChI=1S/C11H11N3/c12-6-10-13-9-5-7-3-1-2-4-8(7)11(9)14-10/h1-4H,5-6,12H2,(H,13,14). The molecule has 14 heavy (non-hydrogen) atoms. The average molecular weight is 185 g/mol. The Labute approximate surface area is 82.0 Å². The second-order valence-corrected chi connectivity index (χ2v) is 3.55. The molecule has 0 radical (unpaired) electrons. The summed E-state index contributed by atoms with van der Waals surface area (Å²) in [5, 5.41) is 0. The van der Waals surface area contributed by atoms with Crippen molar-refractivity contribution in [2.45, 2.75) is 13.0 Å². The highest BCUT2D eigenvalue weighted by molar-refractivity contribution is 5.72. The van der Waals surface area contributed by atoms with Gasteiger partial charge in [-0.05, 0) is 5.56 Å². The summed E-state index contributed by atoms with van der Waals surface area (Å²) >= 11 is 0. The number of H-pyrrole nitrogens is 1. The van der Waals surface area contributed by atoms with E-state index in [9.17, 15) is 0 Å². The van der Waals surface area contributed by atoms with Crippen LogP contribution < -0.4 is 5.73 Å². The number of aromatic amines is 1. The maximum Gasteiger partial charge on any atom is 0.120 e. The second kappa shape index (κ2) is 2.69. The molecule has 2 aromatic rings. The fourth-order valence-corrected chi connectivity index (χ4v) is 2.01. The molecule has 0 unspecified atom stereocenters. The fraction of sp³-hybridized carbons (Fsp3) is 0.182. The first kappa shape index (κ1) is 7.76. The van der Waals surface area contributed by atoms with Crippen LogP contribution in [0.2, 0.25) is 0 Å². The number of nitrogens with zero attached hydrogens (tertiary/aromatic N) is 1. The van der Waals surface area contributed by atoms with Crippen LogP contribution in [0, 0.1) is 0 Å². The van der Waals surface area contributed by atoms with E-state index >= 15 is 0 Å². The van der Waals surface area contributed by atoms with Gasteiger partial charge in [-0.3, -0.25) is 0 Å². The smallest absolute Gasteiger partial charge is 0.120 e. The van der Waals surface area contributed by atoms with Crippen molar-refractivity contribution >= 4 is 0 Å². The molecule has 1 aromatic heterocycles. The summed E-state index contributed by atoms with van der Waals surface area (Å²) in [6.07, 6.45) is 0.957.